The number of hydrogen-bond acceptors (Lipinski definition) is 2. The number of ether oxygens (including phenoxy) is 1. The lowest BCUT2D eigenvalue weighted by Crippen LogP contribution is -2.19. The maximum absolute atomic E-state index is 6.07. The highest BCUT2D eigenvalue weighted by Crippen LogP contribution is 2.50. The molecule has 2 heteroatoms. The second kappa shape index (κ2) is 5.70. The molecule has 0 amide bonds. The first kappa shape index (κ1) is 14.2. The van der Waals surface area contributed by atoms with Crippen LogP contribution in [0.25, 0.3) is 0 Å². The molecule has 2 aromatic rings. The largest absolute Gasteiger partial charge is 0.489 e. The lowest BCUT2D eigenvalue weighted by molar-refractivity contribution is 0.305. The Labute approximate surface area is 143 Å². The third kappa shape index (κ3) is 2.41. The van der Waals surface area contributed by atoms with Crippen molar-refractivity contribution in [2.75, 3.05) is 0 Å². The molecule has 2 nitrogen and oxygen atoms in total. The second-order valence-electron chi connectivity index (χ2n) is 7.27. The molecule has 5 rings (SSSR count). The van der Waals surface area contributed by atoms with E-state index in [2.05, 4.69) is 59.6 Å². The predicted molar refractivity (Wildman–Crippen MR) is 96.1 cm³/mol. The van der Waals surface area contributed by atoms with Crippen LogP contribution < -0.4 is 4.74 Å². The van der Waals surface area contributed by atoms with Gasteiger partial charge in [-0.25, -0.2) is 0 Å². The molecule has 3 aliphatic rings. The highest BCUT2D eigenvalue weighted by molar-refractivity contribution is 5.45. The molecule has 2 aromatic carbocycles. The van der Waals surface area contributed by atoms with Crippen molar-refractivity contribution < 1.29 is 4.74 Å². The fourth-order valence-corrected chi connectivity index (χ4v) is 4.55. The fourth-order valence-electron chi connectivity index (χ4n) is 4.55. The van der Waals surface area contributed by atoms with Crippen LogP contribution in [-0.4, -0.2) is 17.0 Å². The van der Waals surface area contributed by atoms with Crippen LogP contribution in [0, 0.1) is 0 Å². The third-order valence-electron chi connectivity index (χ3n) is 5.80. The van der Waals surface area contributed by atoms with Gasteiger partial charge in [-0.2, -0.15) is 0 Å². The van der Waals surface area contributed by atoms with E-state index in [1.807, 2.05) is 6.07 Å². The van der Waals surface area contributed by atoms with Gasteiger partial charge in [0.15, 0.2) is 0 Å². The minimum Gasteiger partial charge on any atom is -0.489 e. The monoisotopic (exact) mass is 317 g/mol. The Kier molecular flexibility index (Phi) is 3.36. The van der Waals surface area contributed by atoms with E-state index in [1.54, 1.807) is 5.56 Å². The van der Waals surface area contributed by atoms with Crippen LogP contribution in [0.4, 0.5) is 0 Å². The van der Waals surface area contributed by atoms with Crippen molar-refractivity contribution in [3.05, 3.63) is 77.5 Å². The lowest BCUT2D eigenvalue weighted by Gasteiger charge is -2.24. The van der Waals surface area contributed by atoms with Gasteiger partial charge >= 0.3 is 0 Å². The molecule has 2 unspecified atom stereocenters. The van der Waals surface area contributed by atoms with Gasteiger partial charge in [-0.15, -0.1) is 0 Å². The van der Waals surface area contributed by atoms with Crippen molar-refractivity contribution >= 4 is 0 Å². The minimum absolute atomic E-state index is 0.644. The van der Waals surface area contributed by atoms with Crippen LogP contribution in [0.2, 0.25) is 0 Å². The summed E-state index contributed by atoms with van der Waals surface area (Å²) in [5, 5.41) is 0. The summed E-state index contributed by atoms with van der Waals surface area (Å²) >= 11 is 0. The van der Waals surface area contributed by atoms with Crippen molar-refractivity contribution in [1.82, 2.24) is 4.90 Å². The number of benzene rings is 2. The molecule has 2 aliphatic heterocycles. The molecule has 0 saturated carbocycles. The first-order chi connectivity index (χ1) is 11.9. The summed E-state index contributed by atoms with van der Waals surface area (Å²) in [5.41, 5.74) is 4.30. The Bertz CT molecular complexity index is 767. The molecule has 1 fully saturated rings. The van der Waals surface area contributed by atoms with Crippen molar-refractivity contribution in [2.24, 2.45) is 0 Å². The Balaban J connectivity index is 1.39. The number of fused-ring (bicyclic) bond motifs is 3. The molecule has 0 aromatic heterocycles. The van der Waals surface area contributed by atoms with E-state index < -0.39 is 0 Å². The van der Waals surface area contributed by atoms with Gasteiger partial charge in [-0.1, -0.05) is 42.5 Å². The SMILES string of the molecule is C1=CN2C3Cc4ccc(OCc5ccccc5)cc4[C@@H](CCC1)C32. The summed E-state index contributed by atoms with van der Waals surface area (Å²) < 4.78 is 6.07. The zero-order valence-corrected chi connectivity index (χ0v) is 13.9. The van der Waals surface area contributed by atoms with E-state index >= 15 is 0 Å². The molecule has 1 aliphatic carbocycles. The normalized spacial score (nSPS) is 26.8. The van der Waals surface area contributed by atoms with Crippen LogP contribution in [-0.2, 0) is 13.0 Å². The highest BCUT2D eigenvalue weighted by Gasteiger charge is 2.53. The Morgan fingerprint density at radius 3 is 2.92 bits per heavy atom. The van der Waals surface area contributed by atoms with Gasteiger partial charge in [-0.05, 0) is 60.7 Å². The molecule has 3 atom stereocenters. The maximum Gasteiger partial charge on any atom is 0.120 e. The number of nitrogens with zero attached hydrogens (tertiary/aromatic N) is 1. The first-order valence-electron chi connectivity index (χ1n) is 9.14. The van der Waals surface area contributed by atoms with E-state index in [0.717, 1.165) is 17.8 Å². The van der Waals surface area contributed by atoms with Gasteiger partial charge in [-0.3, -0.25) is 0 Å². The molecule has 24 heavy (non-hydrogen) atoms. The molecular weight excluding hydrogens is 294 g/mol. The molecular formula is C22H23NO. The van der Waals surface area contributed by atoms with E-state index in [4.69, 9.17) is 4.74 Å². The van der Waals surface area contributed by atoms with Gasteiger partial charge in [0.25, 0.3) is 0 Å². The first-order valence-corrected chi connectivity index (χ1v) is 9.14. The second-order valence-corrected chi connectivity index (χ2v) is 7.27. The van der Waals surface area contributed by atoms with E-state index in [9.17, 15) is 0 Å². The summed E-state index contributed by atoms with van der Waals surface area (Å²) in [6.45, 7) is 0.644. The van der Waals surface area contributed by atoms with Crippen LogP contribution in [0.5, 0.6) is 5.75 Å². The minimum atomic E-state index is 0.644. The third-order valence-corrected chi connectivity index (χ3v) is 5.80. The standard InChI is InChI=1S/C22H23NO/c1-3-7-16(8-4-1)15-24-18-11-10-17-13-21-22-19(20(17)14-18)9-5-2-6-12-23(21)22/h1,3-4,6-8,10-12,14,19,21-22H,2,5,9,13,15H2/t19-,21?,22?,23?/m1/s1. The Hall–Kier alpha value is -2.22. The Morgan fingerprint density at radius 2 is 2.00 bits per heavy atom. The van der Waals surface area contributed by atoms with Crippen LogP contribution in [0.1, 0.15) is 41.9 Å². The van der Waals surface area contributed by atoms with Gasteiger partial charge < -0.3 is 9.64 Å². The molecule has 1 saturated heterocycles. The molecule has 0 radical (unpaired) electrons. The van der Waals surface area contributed by atoms with Crippen LogP contribution >= 0.6 is 0 Å². The predicted octanol–water partition coefficient (Wildman–Crippen LogP) is 4.66. The van der Waals surface area contributed by atoms with Crippen LogP contribution in [0.3, 0.4) is 0 Å². The van der Waals surface area contributed by atoms with E-state index in [0.29, 0.717) is 12.5 Å². The molecule has 0 N–H and O–H groups in total. The Morgan fingerprint density at radius 1 is 1.08 bits per heavy atom. The summed E-state index contributed by atoms with van der Waals surface area (Å²) in [5.74, 6) is 1.70. The number of hydrogen-bond donors (Lipinski definition) is 0. The van der Waals surface area contributed by atoms with Crippen molar-refractivity contribution in [3.63, 3.8) is 0 Å². The topological polar surface area (TPSA) is 12.2 Å². The maximum atomic E-state index is 6.07. The van der Waals surface area contributed by atoms with Gasteiger partial charge in [0.05, 0.1) is 12.1 Å². The van der Waals surface area contributed by atoms with Gasteiger partial charge in [0.2, 0.25) is 0 Å². The molecule has 0 spiro atoms. The zero-order chi connectivity index (χ0) is 15.9. The summed E-state index contributed by atoms with van der Waals surface area (Å²) in [6, 6.07) is 18.7. The summed E-state index contributed by atoms with van der Waals surface area (Å²) in [4.78, 5) is 2.58. The summed E-state index contributed by atoms with van der Waals surface area (Å²) in [7, 11) is 0. The average Bonchev–Trinajstić information content (AvgIpc) is 3.29. The molecule has 122 valence electrons. The van der Waals surface area contributed by atoms with E-state index in [-0.39, 0.29) is 0 Å². The quantitative estimate of drug-likeness (QED) is 0.764. The van der Waals surface area contributed by atoms with Crippen LogP contribution in [0.15, 0.2) is 60.8 Å². The fraction of sp³-hybridized carbons (Fsp3) is 0.364. The average molecular weight is 317 g/mol. The number of allylic oxidation sites excluding steroid dienone is 1. The molecule has 0 bridgehead atoms. The lowest BCUT2D eigenvalue weighted by atomic mass is 9.80. The van der Waals surface area contributed by atoms with Crippen molar-refractivity contribution in [2.45, 2.75) is 50.3 Å². The highest BCUT2D eigenvalue weighted by atomic mass is 16.5. The van der Waals surface area contributed by atoms with Gasteiger partial charge in [0, 0.05) is 5.92 Å². The smallest absolute Gasteiger partial charge is 0.120 e. The van der Waals surface area contributed by atoms with Crippen molar-refractivity contribution in [1.29, 1.82) is 0 Å². The molecule has 2 heterocycles. The van der Waals surface area contributed by atoms with Gasteiger partial charge in [0.1, 0.15) is 12.4 Å². The number of rotatable bonds is 3. The zero-order valence-electron chi connectivity index (χ0n) is 13.9. The summed E-state index contributed by atoms with van der Waals surface area (Å²) in [6.07, 6.45) is 9.71. The van der Waals surface area contributed by atoms with E-state index in [1.165, 1.54) is 36.8 Å². The van der Waals surface area contributed by atoms with Crippen molar-refractivity contribution in [3.8, 4) is 5.75 Å².